The number of anilines is 1. The Kier molecular flexibility index (Phi) is 6.15. The van der Waals surface area contributed by atoms with E-state index >= 15 is 0 Å². The van der Waals surface area contributed by atoms with Crippen LogP contribution in [0.4, 0.5) is 14.5 Å². The van der Waals surface area contributed by atoms with E-state index in [1.54, 1.807) is 29.2 Å². The third-order valence-corrected chi connectivity index (χ3v) is 4.74. The number of hydrogen-bond donors (Lipinski definition) is 2. The van der Waals surface area contributed by atoms with Crippen molar-refractivity contribution in [1.82, 2.24) is 9.80 Å². The molecule has 2 aromatic carbocycles. The lowest BCUT2D eigenvalue weighted by molar-refractivity contribution is 0.0628. The summed E-state index contributed by atoms with van der Waals surface area (Å²) in [5, 5.41) is 0. The Hall–Kier alpha value is -2.36. The molecule has 3 rings (SSSR count). The standard InChI is InChI=1S/C18H19F2N3O3S/c19-15-9-13(10-16(20)11-15)12-22-5-7-23(8-6-22)18(24)14-1-3-17(4-2-14)21-27(25)26/h1-4,9-11,21H,5-8,12H2,(H,25,26). The van der Waals surface area contributed by atoms with Gasteiger partial charge in [0.1, 0.15) is 11.6 Å². The Labute approximate surface area is 158 Å². The van der Waals surface area contributed by atoms with Gasteiger partial charge in [-0.15, -0.1) is 0 Å². The monoisotopic (exact) mass is 395 g/mol. The highest BCUT2D eigenvalue weighted by Crippen LogP contribution is 2.15. The van der Waals surface area contributed by atoms with Gasteiger partial charge in [0.25, 0.3) is 17.2 Å². The largest absolute Gasteiger partial charge is 0.336 e. The van der Waals surface area contributed by atoms with Crippen molar-refractivity contribution in [2.45, 2.75) is 6.54 Å². The van der Waals surface area contributed by atoms with Crippen LogP contribution in [0.2, 0.25) is 0 Å². The van der Waals surface area contributed by atoms with Crippen molar-refractivity contribution in [2.24, 2.45) is 0 Å². The fourth-order valence-corrected chi connectivity index (χ4v) is 3.37. The number of rotatable bonds is 5. The van der Waals surface area contributed by atoms with Crippen LogP contribution in [0.3, 0.4) is 0 Å². The van der Waals surface area contributed by atoms with Crippen LogP contribution < -0.4 is 4.72 Å². The third kappa shape index (κ3) is 5.31. The Morgan fingerprint density at radius 1 is 1.04 bits per heavy atom. The maximum atomic E-state index is 13.3. The highest BCUT2D eigenvalue weighted by Gasteiger charge is 2.22. The highest BCUT2D eigenvalue weighted by atomic mass is 32.2. The zero-order valence-corrected chi connectivity index (χ0v) is 15.2. The molecular weight excluding hydrogens is 376 g/mol. The van der Waals surface area contributed by atoms with E-state index in [1.807, 2.05) is 4.90 Å². The number of carbonyl (C=O) groups excluding carboxylic acids is 1. The van der Waals surface area contributed by atoms with Gasteiger partial charge >= 0.3 is 0 Å². The van der Waals surface area contributed by atoms with Crippen molar-refractivity contribution < 1.29 is 22.3 Å². The molecule has 1 atom stereocenters. The molecule has 1 heterocycles. The molecule has 1 fully saturated rings. The van der Waals surface area contributed by atoms with E-state index in [2.05, 4.69) is 4.72 Å². The van der Waals surface area contributed by atoms with Crippen molar-refractivity contribution in [3.05, 3.63) is 65.2 Å². The summed E-state index contributed by atoms with van der Waals surface area (Å²) in [6, 6.07) is 9.80. The van der Waals surface area contributed by atoms with Crippen LogP contribution in [-0.2, 0) is 17.8 Å². The summed E-state index contributed by atoms with van der Waals surface area (Å²) in [7, 11) is 0. The van der Waals surface area contributed by atoms with Gasteiger partial charge in [-0.1, -0.05) is 0 Å². The number of hydrogen-bond acceptors (Lipinski definition) is 3. The molecule has 6 nitrogen and oxygen atoms in total. The van der Waals surface area contributed by atoms with E-state index < -0.39 is 22.9 Å². The zero-order valence-electron chi connectivity index (χ0n) is 14.4. The predicted molar refractivity (Wildman–Crippen MR) is 98.4 cm³/mol. The number of nitrogens with one attached hydrogen (secondary N) is 1. The Bertz CT molecular complexity index is 820. The zero-order chi connectivity index (χ0) is 19.4. The predicted octanol–water partition coefficient (Wildman–Crippen LogP) is 2.47. The van der Waals surface area contributed by atoms with Crippen LogP contribution in [0.25, 0.3) is 0 Å². The van der Waals surface area contributed by atoms with Gasteiger partial charge in [-0.05, 0) is 42.0 Å². The molecule has 1 amide bonds. The second kappa shape index (κ2) is 8.55. The maximum Gasteiger partial charge on any atom is 0.259 e. The van der Waals surface area contributed by atoms with E-state index in [0.717, 1.165) is 6.07 Å². The fourth-order valence-electron chi connectivity index (χ4n) is 3.03. The lowest BCUT2D eigenvalue weighted by Crippen LogP contribution is -2.48. The van der Waals surface area contributed by atoms with Crippen molar-refractivity contribution in [3.8, 4) is 0 Å². The van der Waals surface area contributed by atoms with Gasteiger partial charge in [0, 0.05) is 50.0 Å². The van der Waals surface area contributed by atoms with Crippen molar-refractivity contribution in [3.63, 3.8) is 0 Å². The maximum absolute atomic E-state index is 13.3. The summed E-state index contributed by atoms with van der Waals surface area (Å²) in [5.41, 5.74) is 1.50. The van der Waals surface area contributed by atoms with Crippen molar-refractivity contribution in [2.75, 3.05) is 30.9 Å². The summed E-state index contributed by atoms with van der Waals surface area (Å²) in [5.74, 6) is -1.31. The van der Waals surface area contributed by atoms with Crippen LogP contribution in [0.1, 0.15) is 15.9 Å². The number of piperazine rings is 1. The molecule has 2 aromatic rings. The van der Waals surface area contributed by atoms with Gasteiger partial charge in [-0.25, -0.2) is 13.0 Å². The molecule has 0 bridgehead atoms. The summed E-state index contributed by atoms with van der Waals surface area (Å²) in [6.07, 6.45) is 0. The molecule has 1 aliphatic rings. The van der Waals surface area contributed by atoms with Crippen molar-refractivity contribution >= 4 is 22.9 Å². The van der Waals surface area contributed by atoms with E-state index in [9.17, 15) is 17.8 Å². The molecule has 2 N–H and O–H groups in total. The molecule has 1 unspecified atom stereocenters. The molecule has 0 aromatic heterocycles. The first-order chi connectivity index (χ1) is 12.9. The summed E-state index contributed by atoms with van der Waals surface area (Å²) >= 11 is -2.16. The highest BCUT2D eigenvalue weighted by molar-refractivity contribution is 7.80. The molecule has 0 aliphatic carbocycles. The molecule has 0 spiro atoms. The minimum absolute atomic E-state index is 0.122. The molecule has 1 aliphatic heterocycles. The Balaban J connectivity index is 1.55. The lowest BCUT2D eigenvalue weighted by atomic mass is 10.1. The second-order valence-electron chi connectivity index (χ2n) is 6.27. The number of carbonyl (C=O) groups is 1. The van der Waals surface area contributed by atoms with Gasteiger partial charge in [-0.3, -0.25) is 19.0 Å². The SMILES string of the molecule is O=C(c1ccc(NS(=O)O)cc1)N1CCN(Cc2cc(F)cc(F)c2)CC1. The fraction of sp³-hybridized carbons (Fsp3) is 0.278. The second-order valence-corrected chi connectivity index (χ2v) is 6.98. The Morgan fingerprint density at radius 3 is 2.19 bits per heavy atom. The molecule has 1 saturated heterocycles. The Morgan fingerprint density at radius 2 is 1.63 bits per heavy atom. The summed E-state index contributed by atoms with van der Waals surface area (Å²) in [6.45, 7) is 2.66. The first-order valence-corrected chi connectivity index (χ1v) is 9.45. The van der Waals surface area contributed by atoms with Gasteiger partial charge in [0.15, 0.2) is 0 Å². The molecule has 27 heavy (non-hydrogen) atoms. The van der Waals surface area contributed by atoms with Crippen LogP contribution in [-0.4, -0.2) is 50.6 Å². The van der Waals surface area contributed by atoms with E-state index in [4.69, 9.17) is 4.55 Å². The van der Waals surface area contributed by atoms with Crippen LogP contribution >= 0.6 is 0 Å². The topological polar surface area (TPSA) is 72.9 Å². The number of amides is 1. The average Bonchev–Trinajstić information content (AvgIpc) is 2.61. The summed E-state index contributed by atoms with van der Waals surface area (Å²) in [4.78, 5) is 16.3. The molecule has 9 heteroatoms. The number of benzene rings is 2. The van der Waals surface area contributed by atoms with E-state index in [-0.39, 0.29) is 5.91 Å². The molecule has 0 radical (unpaired) electrons. The van der Waals surface area contributed by atoms with E-state index in [1.165, 1.54) is 12.1 Å². The molecule has 144 valence electrons. The number of nitrogens with zero attached hydrogens (tertiary/aromatic N) is 2. The lowest BCUT2D eigenvalue weighted by Gasteiger charge is -2.34. The first-order valence-electron chi connectivity index (χ1n) is 8.35. The van der Waals surface area contributed by atoms with Gasteiger partial charge < -0.3 is 4.90 Å². The minimum Gasteiger partial charge on any atom is -0.336 e. The van der Waals surface area contributed by atoms with Crippen LogP contribution in [0, 0.1) is 11.6 Å². The summed E-state index contributed by atoms with van der Waals surface area (Å²) < 4.78 is 48.4. The quantitative estimate of drug-likeness (QED) is 0.763. The molecular formula is C18H19F2N3O3S. The van der Waals surface area contributed by atoms with Gasteiger partial charge in [0.2, 0.25) is 0 Å². The van der Waals surface area contributed by atoms with Gasteiger partial charge in [-0.2, -0.15) is 0 Å². The van der Waals surface area contributed by atoms with E-state index in [0.29, 0.717) is 49.5 Å². The first kappa shape index (κ1) is 19.4. The van der Waals surface area contributed by atoms with Crippen LogP contribution in [0.5, 0.6) is 0 Å². The molecule has 0 saturated carbocycles. The van der Waals surface area contributed by atoms with Crippen LogP contribution in [0.15, 0.2) is 42.5 Å². The smallest absolute Gasteiger partial charge is 0.259 e. The van der Waals surface area contributed by atoms with Crippen molar-refractivity contribution in [1.29, 1.82) is 0 Å². The van der Waals surface area contributed by atoms with Gasteiger partial charge in [0.05, 0.1) is 0 Å². The number of halogens is 2. The normalized spacial score (nSPS) is 16.2. The minimum atomic E-state index is -2.16. The average molecular weight is 395 g/mol. The third-order valence-electron chi connectivity index (χ3n) is 4.33.